The van der Waals surface area contributed by atoms with Crippen LogP contribution < -0.4 is 0 Å². The summed E-state index contributed by atoms with van der Waals surface area (Å²) in [6.07, 6.45) is 4.48. The van der Waals surface area contributed by atoms with Crippen molar-refractivity contribution >= 4 is 5.91 Å². The zero-order chi connectivity index (χ0) is 16.2. The number of hydrogen-bond acceptors (Lipinski definition) is 5. The smallest absolute Gasteiger partial charge is 0.248 e. The minimum atomic E-state index is 0.0821. The van der Waals surface area contributed by atoms with E-state index in [2.05, 4.69) is 26.7 Å². The van der Waals surface area contributed by atoms with E-state index in [9.17, 15) is 4.79 Å². The Morgan fingerprint density at radius 1 is 1.17 bits per heavy atom. The van der Waals surface area contributed by atoms with Crippen LogP contribution >= 0.6 is 0 Å². The Labute approximate surface area is 137 Å². The van der Waals surface area contributed by atoms with Crippen LogP contribution in [0.1, 0.15) is 43.3 Å². The Hall–Kier alpha value is -1.47. The fourth-order valence-corrected chi connectivity index (χ4v) is 3.61. The lowest BCUT2D eigenvalue weighted by molar-refractivity contribution is -0.136. The van der Waals surface area contributed by atoms with E-state index in [1.54, 1.807) is 7.11 Å². The van der Waals surface area contributed by atoms with Crippen LogP contribution in [0, 0.1) is 0 Å². The second-order valence-electron chi connectivity index (χ2n) is 6.60. The van der Waals surface area contributed by atoms with Gasteiger partial charge in [-0.1, -0.05) is 0 Å². The van der Waals surface area contributed by atoms with Crippen molar-refractivity contribution in [3.05, 3.63) is 11.6 Å². The average Bonchev–Trinajstić information content (AvgIpc) is 3.19. The van der Waals surface area contributed by atoms with E-state index < -0.39 is 0 Å². The molecule has 3 heterocycles. The lowest BCUT2D eigenvalue weighted by atomic mass is 9.96. The molecule has 1 amide bonds. The number of aromatic nitrogens is 3. The minimum absolute atomic E-state index is 0.0821. The number of carbonyl (C=O) groups excluding carboxylic acids is 1. The number of nitrogens with zero attached hydrogens (tertiary/aromatic N) is 5. The third-order valence-corrected chi connectivity index (χ3v) is 5.04. The molecule has 2 saturated heterocycles. The van der Waals surface area contributed by atoms with Crippen molar-refractivity contribution in [2.24, 2.45) is 7.05 Å². The van der Waals surface area contributed by atoms with Crippen LogP contribution in [0.25, 0.3) is 0 Å². The van der Waals surface area contributed by atoms with Gasteiger partial charge in [-0.05, 0) is 38.8 Å². The molecule has 0 radical (unpaired) electrons. The number of piperidine rings is 1. The first-order valence-electron chi connectivity index (χ1n) is 8.56. The molecule has 1 aromatic rings. The lowest BCUT2D eigenvalue weighted by Crippen LogP contribution is -2.40. The predicted octanol–water partition coefficient (Wildman–Crippen LogP) is 0.763. The number of methoxy groups -OCH3 is 1. The van der Waals surface area contributed by atoms with Crippen LogP contribution in [-0.2, 0) is 23.1 Å². The molecule has 7 nitrogen and oxygen atoms in total. The van der Waals surface area contributed by atoms with Crippen molar-refractivity contribution in [3.8, 4) is 0 Å². The molecule has 0 spiro atoms. The van der Waals surface area contributed by atoms with Gasteiger partial charge in [-0.3, -0.25) is 9.69 Å². The molecular weight excluding hydrogens is 294 g/mol. The maximum absolute atomic E-state index is 11.9. The van der Waals surface area contributed by atoms with Crippen molar-refractivity contribution in [3.63, 3.8) is 0 Å². The summed E-state index contributed by atoms with van der Waals surface area (Å²) in [5.41, 5.74) is 0. The van der Waals surface area contributed by atoms with Crippen LogP contribution in [0.4, 0.5) is 0 Å². The number of likely N-dealkylation sites (tertiary alicyclic amines) is 2. The molecule has 2 aliphatic heterocycles. The van der Waals surface area contributed by atoms with E-state index in [0.717, 1.165) is 44.1 Å². The van der Waals surface area contributed by atoms with Gasteiger partial charge in [-0.15, -0.1) is 10.2 Å². The molecular formula is C16H27N5O2. The average molecular weight is 321 g/mol. The molecule has 0 saturated carbocycles. The second kappa shape index (κ2) is 7.40. The SMILES string of the molecule is COCC(=O)N1CCC(c2nnc(CN3CCCC3)n2C)CC1. The summed E-state index contributed by atoms with van der Waals surface area (Å²) < 4.78 is 7.09. The van der Waals surface area contributed by atoms with Gasteiger partial charge in [-0.2, -0.15) is 0 Å². The summed E-state index contributed by atoms with van der Waals surface area (Å²) in [7, 11) is 3.63. The van der Waals surface area contributed by atoms with E-state index in [0.29, 0.717) is 5.92 Å². The summed E-state index contributed by atoms with van der Waals surface area (Å²) in [6, 6.07) is 0. The largest absolute Gasteiger partial charge is 0.375 e. The first-order valence-corrected chi connectivity index (χ1v) is 8.56. The zero-order valence-corrected chi connectivity index (χ0v) is 14.2. The topological polar surface area (TPSA) is 63.5 Å². The first-order chi connectivity index (χ1) is 11.2. The number of ether oxygens (including phenoxy) is 1. The van der Waals surface area contributed by atoms with Crippen molar-refractivity contribution in [2.75, 3.05) is 39.9 Å². The standard InChI is InChI=1S/C16H27N5O2/c1-19-14(11-20-7-3-4-8-20)17-18-16(19)13-5-9-21(10-6-13)15(22)12-23-2/h13H,3-12H2,1-2H3. The normalized spacial score (nSPS) is 20.3. The monoisotopic (exact) mass is 321 g/mol. The van der Waals surface area contributed by atoms with Crippen LogP contribution in [-0.4, -0.2) is 70.4 Å². The van der Waals surface area contributed by atoms with Gasteiger partial charge in [0.2, 0.25) is 5.91 Å². The van der Waals surface area contributed by atoms with E-state index in [1.807, 2.05) is 4.90 Å². The molecule has 2 fully saturated rings. The molecule has 128 valence electrons. The zero-order valence-electron chi connectivity index (χ0n) is 14.2. The van der Waals surface area contributed by atoms with Crippen LogP contribution in [0.5, 0.6) is 0 Å². The summed E-state index contributed by atoms with van der Waals surface area (Å²) in [6.45, 7) is 4.97. The summed E-state index contributed by atoms with van der Waals surface area (Å²) >= 11 is 0. The number of carbonyl (C=O) groups is 1. The minimum Gasteiger partial charge on any atom is -0.375 e. The highest BCUT2D eigenvalue weighted by atomic mass is 16.5. The molecule has 0 aliphatic carbocycles. The van der Waals surface area contributed by atoms with Crippen molar-refractivity contribution in [2.45, 2.75) is 38.1 Å². The van der Waals surface area contributed by atoms with Gasteiger partial charge in [0.05, 0.1) is 6.54 Å². The Bertz CT molecular complexity index is 531. The van der Waals surface area contributed by atoms with Gasteiger partial charge >= 0.3 is 0 Å². The summed E-state index contributed by atoms with van der Waals surface area (Å²) in [5, 5.41) is 8.85. The highest BCUT2D eigenvalue weighted by molar-refractivity contribution is 5.77. The van der Waals surface area contributed by atoms with E-state index in [1.165, 1.54) is 25.9 Å². The van der Waals surface area contributed by atoms with Gasteiger partial charge < -0.3 is 14.2 Å². The number of amides is 1. The molecule has 0 aromatic carbocycles. The molecule has 23 heavy (non-hydrogen) atoms. The maximum Gasteiger partial charge on any atom is 0.248 e. The maximum atomic E-state index is 11.9. The van der Waals surface area contributed by atoms with E-state index in [-0.39, 0.29) is 12.5 Å². The molecule has 7 heteroatoms. The summed E-state index contributed by atoms with van der Waals surface area (Å²) in [5.74, 6) is 2.60. The predicted molar refractivity (Wildman–Crippen MR) is 85.9 cm³/mol. The Morgan fingerprint density at radius 3 is 2.52 bits per heavy atom. The molecule has 1 aromatic heterocycles. The summed E-state index contributed by atoms with van der Waals surface area (Å²) in [4.78, 5) is 16.2. The van der Waals surface area contributed by atoms with E-state index >= 15 is 0 Å². The molecule has 3 rings (SSSR count). The Kier molecular flexibility index (Phi) is 5.27. The highest BCUT2D eigenvalue weighted by Gasteiger charge is 2.27. The van der Waals surface area contributed by atoms with Crippen molar-refractivity contribution < 1.29 is 9.53 Å². The van der Waals surface area contributed by atoms with Crippen LogP contribution in [0.3, 0.4) is 0 Å². The van der Waals surface area contributed by atoms with Crippen molar-refractivity contribution in [1.82, 2.24) is 24.6 Å². The van der Waals surface area contributed by atoms with Gasteiger partial charge in [0.15, 0.2) is 0 Å². The molecule has 0 bridgehead atoms. The van der Waals surface area contributed by atoms with Crippen molar-refractivity contribution in [1.29, 1.82) is 0 Å². The quantitative estimate of drug-likeness (QED) is 0.801. The van der Waals surface area contributed by atoms with Crippen LogP contribution in [0.15, 0.2) is 0 Å². The fourth-order valence-electron chi connectivity index (χ4n) is 3.61. The third kappa shape index (κ3) is 3.72. The number of hydrogen-bond donors (Lipinski definition) is 0. The Morgan fingerprint density at radius 2 is 1.87 bits per heavy atom. The fraction of sp³-hybridized carbons (Fsp3) is 0.812. The second-order valence-corrected chi connectivity index (χ2v) is 6.60. The van der Waals surface area contributed by atoms with Gasteiger partial charge in [-0.25, -0.2) is 0 Å². The molecule has 0 atom stereocenters. The van der Waals surface area contributed by atoms with E-state index in [4.69, 9.17) is 4.74 Å². The lowest BCUT2D eigenvalue weighted by Gasteiger charge is -2.31. The van der Waals surface area contributed by atoms with Gasteiger partial charge in [0.25, 0.3) is 0 Å². The number of rotatable bonds is 5. The molecule has 0 unspecified atom stereocenters. The molecule has 2 aliphatic rings. The Balaban J connectivity index is 1.58. The van der Waals surface area contributed by atoms with Crippen LogP contribution in [0.2, 0.25) is 0 Å². The first kappa shape index (κ1) is 16.4. The third-order valence-electron chi connectivity index (χ3n) is 5.04. The molecule has 0 N–H and O–H groups in total. The van der Waals surface area contributed by atoms with Gasteiger partial charge in [0, 0.05) is 33.2 Å². The van der Waals surface area contributed by atoms with Gasteiger partial charge in [0.1, 0.15) is 18.3 Å². The highest BCUT2D eigenvalue weighted by Crippen LogP contribution is 2.27.